The summed E-state index contributed by atoms with van der Waals surface area (Å²) in [6, 6.07) is 28.4. The average Bonchev–Trinajstić information content (AvgIpc) is 1.25. The lowest BCUT2D eigenvalue weighted by molar-refractivity contribution is 0.0712. The highest BCUT2D eigenvalue weighted by molar-refractivity contribution is 5.94. The monoisotopic (exact) mass is 1400 g/mol. The summed E-state index contributed by atoms with van der Waals surface area (Å²) in [6.07, 6.45) is 31.0. The highest BCUT2D eigenvalue weighted by Gasteiger charge is 2.30. The molecule has 3 fully saturated rings. The number of rotatable bonds is 18. The zero-order valence-corrected chi connectivity index (χ0v) is 59.1. The Morgan fingerprint density at radius 1 is 0.452 bits per heavy atom. The Hall–Kier alpha value is -11.5. The van der Waals surface area contributed by atoms with Crippen LogP contribution in [0.1, 0.15) is 158 Å². The first kappa shape index (κ1) is 70.9. The lowest BCUT2D eigenvalue weighted by Gasteiger charge is -2.28. The summed E-state index contributed by atoms with van der Waals surface area (Å²) in [5.41, 5.74) is 15.1. The van der Waals surface area contributed by atoms with E-state index in [4.69, 9.17) is 4.42 Å². The first-order valence-electron chi connectivity index (χ1n) is 35.3. The Morgan fingerprint density at radius 2 is 0.885 bits per heavy atom. The molecule has 26 heteroatoms. The molecule has 0 saturated heterocycles. The molecule has 1 aromatic carbocycles. The number of aliphatic hydroxyl groups excluding tert-OH is 3. The lowest BCUT2D eigenvalue weighted by Crippen LogP contribution is -2.45. The number of oxazole rings is 1. The number of aromatic nitrogens is 16. The van der Waals surface area contributed by atoms with Crippen LogP contribution in [0.15, 0.2) is 170 Å². The number of carbonyl (C=O) groups is 3. The minimum atomic E-state index is -0.521. The van der Waals surface area contributed by atoms with Crippen LogP contribution in [-0.2, 0) is 33.4 Å². The second kappa shape index (κ2) is 32.2. The third-order valence-corrected chi connectivity index (χ3v) is 19.5. The van der Waals surface area contributed by atoms with E-state index in [2.05, 4.69) is 83.5 Å². The van der Waals surface area contributed by atoms with Crippen LogP contribution in [0, 0.1) is 27.7 Å². The number of amides is 3. The second-order valence-electron chi connectivity index (χ2n) is 27.0. The molecule has 3 amide bonds. The first-order valence-corrected chi connectivity index (χ1v) is 35.3. The number of nitrogens with zero attached hydrogens (tertiary/aromatic N) is 16. The topological polar surface area (TPSA) is 328 Å². The molecular weight excluding hydrogens is 1310 g/mol. The molecule has 0 aliphatic heterocycles. The van der Waals surface area contributed by atoms with Crippen molar-refractivity contribution in [2.45, 2.75) is 154 Å². The highest BCUT2D eigenvalue weighted by Crippen LogP contribution is 2.29. The second-order valence-corrected chi connectivity index (χ2v) is 27.0. The van der Waals surface area contributed by atoms with E-state index in [1.54, 1.807) is 54.5 Å². The molecule has 11 heterocycles. The third-order valence-electron chi connectivity index (χ3n) is 19.5. The van der Waals surface area contributed by atoms with Crippen molar-refractivity contribution in [3.63, 3.8) is 0 Å². The molecule has 0 radical (unpaired) electrons. The van der Waals surface area contributed by atoms with Crippen molar-refractivity contribution in [1.82, 2.24) is 94.8 Å². The van der Waals surface area contributed by atoms with Crippen molar-refractivity contribution < 1.29 is 34.1 Å². The molecule has 534 valence electrons. The minimum Gasteiger partial charge on any atom is -0.449 e. The highest BCUT2D eigenvalue weighted by atomic mass is 16.3. The van der Waals surface area contributed by atoms with Crippen LogP contribution in [0.4, 0.5) is 0 Å². The predicted octanol–water partition coefficient (Wildman–Crippen LogP) is 9.76. The van der Waals surface area contributed by atoms with Crippen LogP contribution < -0.4 is 16.0 Å². The number of hydrogen-bond acceptors (Lipinski definition) is 18. The smallest absolute Gasteiger partial charge is 0.270 e. The van der Waals surface area contributed by atoms with Gasteiger partial charge >= 0.3 is 0 Å². The van der Waals surface area contributed by atoms with E-state index in [0.29, 0.717) is 79.0 Å². The molecule has 0 bridgehead atoms. The van der Waals surface area contributed by atoms with Gasteiger partial charge in [0.1, 0.15) is 34.7 Å². The summed E-state index contributed by atoms with van der Waals surface area (Å²) < 4.78 is 13.9. The number of aliphatic hydroxyl groups is 3. The Bertz CT molecular complexity index is 4690. The van der Waals surface area contributed by atoms with Gasteiger partial charge in [0.05, 0.1) is 54.0 Å². The van der Waals surface area contributed by atoms with Gasteiger partial charge in [0.15, 0.2) is 23.3 Å². The van der Waals surface area contributed by atoms with Gasteiger partial charge in [-0.15, -0.1) is 0 Å². The van der Waals surface area contributed by atoms with Crippen LogP contribution >= 0.6 is 0 Å². The van der Waals surface area contributed by atoms with Gasteiger partial charge < -0.3 is 35.7 Å². The zero-order chi connectivity index (χ0) is 72.4. The van der Waals surface area contributed by atoms with E-state index >= 15 is 0 Å². The summed E-state index contributed by atoms with van der Waals surface area (Å²) in [4.78, 5) is 66.9. The molecule has 6 atom stereocenters. The standard InChI is InChI=1S/C27H29N5O3.C26H29N7O2.C25H27N7O2/c1-17-21(14-19-8-10-20(11-9-19)24-16-35-18(2)29-24)15-23(30-26(17)32-13-5-12-28-32)27(34)31-22-6-3-4-7-25(22)33;1-17-19(12-18-8-9-21(27-14-18)20-15-29-32(2)16-20)13-23(30-25(17)33-11-5-10-28-33)26(35)31-22-6-3-4-7-24(22)34;1-16-18(13-17-7-8-19(26-15-17)20-9-12-31(2)30-20)14-22(28-24(16)32-11-4-10-27-32)25(34)29-21-5-3-6-23(21)33/h5,8-13,15-16,22,25,33H,3-4,6-7,14H2,1-2H3,(H,31,34);5,8-11,13-16,22,24,34H,3-4,6-7,12H2,1-2H3,(H,31,35);4,7-12,14-15,21,23,33H,3,5-6,13H2,1-2H3,(H,29,34)/t22-,25-;22-,24-;21-,23-/m000/s1. The van der Waals surface area contributed by atoms with E-state index < -0.39 is 18.3 Å². The van der Waals surface area contributed by atoms with Crippen molar-refractivity contribution in [2.24, 2.45) is 14.1 Å². The zero-order valence-electron chi connectivity index (χ0n) is 59.1. The Morgan fingerprint density at radius 3 is 1.25 bits per heavy atom. The Balaban J connectivity index is 0.000000139. The summed E-state index contributed by atoms with van der Waals surface area (Å²) >= 11 is 0. The van der Waals surface area contributed by atoms with Crippen LogP contribution in [0.25, 0.3) is 51.4 Å². The van der Waals surface area contributed by atoms with Crippen LogP contribution in [-0.4, -0.2) is 148 Å². The van der Waals surface area contributed by atoms with Crippen molar-refractivity contribution >= 4 is 17.7 Å². The van der Waals surface area contributed by atoms with Crippen molar-refractivity contribution in [3.05, 3.63) is 238 Å². The van der Waals surface area contributed by atoms with Gasteiger partial charge in [-0.1, -0.05) is 62.1 Å². The van der Waals surface area contributed by atoms with Crippen LogP contribution in [0.5, 0.6) is 0 Å². The van der Waals surface area contributed by atoms with Gasteiger partial charge in [-0.25, -0.2) is 34.0 Å². The molecule has 26 nitrogen and oxygen atoms in total. The Kier molecular flexibility index (Phi) is 22.0. The molecule has 3 aliphatic rings. The summed E-state index contributed by atoms with van der Waals surface area (Å²) in [5, 5.41) is 61.3. The lowest BCUT2D eigenvalue weighted by atomic mass is 9.92. The third kappa shape index (κ3) is 17.0. The van der Waals surface area contributed by atoms with E-state index in [9.17, 15) is 29.7 Å². The van der Waals surface area contributed by atoms with E-state index in [0.717, 1.165) is 135 Å². The first-order chi connectivity index (χ1) is 50.4. The molecule has 3 saturated carbocycles. The fourth-order valence-electron chi connectivity index (χ4n) is 13.5. The number of pyridine rings is 5. The fourth-order valence-corrected chi connectivity index (χ4v) is 13.5. The molecule has 15 rings (SSSR count). The Labute approximate surface area is 601 Å². The van der Waals surface area contributed by atoms with E-state index in [1.807, 2.05) is 164 Å². The SMILES string of the molecule is Cc1c(Cc2ccc(-c3ccn(C)n3)nc2)cc(C(=O)N[C@H]2CCC[C@@H]2O)nc1-n1cccn1.Cc1c(Cc2ccc(-c3cnn(C)c3)nc2)cc(C(=O)N[C@H]2CCCC[C@@H]2O)nc1-n1cccn1.Cc1nc(-c2ccc(Cc3cc(C(=O)N[C@H]4CCCC[C@@H]4O)nc(-n4cccn4)c3C)cc2)co1. The minimum absolute atomic E-state index is 0.240. The maximum atomic E-state index is 13.2. The maximum absolute atomic E-state index is 13.2. The van der Waals surface area contributed by atoms with E-state index in [-0.39, 0.29) is 35.8 Å². The van der Waals surface area contributed by atoms with Crippen molar-refractivity contribution in [2.75, 3.05) is 0 Å². The van der Waals surface area contributed by atoms with Gasteiger partial charge in [-0.05, 0) is 190 Å². The maximum Gasteiger partial charge on any atom is 0.270 e. The van der Waals surface area contributed by atoms with Crippen LogP contribution in [0.2, 0.25) is 0 Å². The number of carbonyl (C=O) groups excluding carboxylic acids is 3. The van der Waals surface area contributed by atoms with Gasteiger partial charge in [-0.3, -0.25) is 33.7 Å². The predicted molar refractivity (Wildman–Crippen MR) is 389 cm³/mol. The summed E-state index contributed by atoms with van der Waals surface area (Å²) in [5.74, 6) is 1.63. The summed E-state index contributed by atoms with van der Waals surface area (Å²) in [7, 11) is 3.76. The largest absolute Gasteiger partial charge is 0.449 e. The molecule has 0 spiro atoms. The van der Waals surface area contributed by atoms with Crippen LogP contribution in [0.3, 0.4) is 0 Å². The van der Waals surface area contributed by atoms with Gasteiger partial charge in [0, 0.05) is 94.1 Å². The average molecular weight is 1400 g/mol. The van der Waals surface area contributed by atoms with Crippen molar-refractivity contribution in [3.8, 4) is 51.4 Å². The molecule has 6 N–H and O–H groups in total. The van der Waals surface area contributed by atoms with Crippen molar-refractivity contribution in [1.29, 1.82) is 0 Å². The molecule has 3 aliphatic carbocycles. The van der Waals surface area contributed by atoms with Gasteiger partial charge in [0.2, 0.25) is 0 Å². The molecule has 11 aromatic heterocycles. The quantitative estimate of drug-likeness (QED) is 0.0465. The molecule has 0 unspecified atom stereocenters. The normalized spacial score (nSPS) is 17.9. The van der Waals surface area contributed by atoms with Gasteiger partial charge in [0.25, 0.3) is 17.7 Å². The number of nitrogens with one attached hydrogen (secondary N) is 3. The van der Waals surface area contributed by atoms with E-state index in [1.165, 1.54) is 0 Å². The molecule has 104 heavy (non-hydrogen) atoms. The molecular formula is C78H85N19O7. The number of benzene rings is 1. The fraction of sp³-hybridized carbons (Fsp3) is 0.333. The summed E-state index contributed by atoms with van der Waals surface area (Å²) in [6.45, 7) is 7.79. The van der Waals surface area contributed by atoms with Gasteiger partial charge in [-0.2, -0.15) is 25.5 Å². The molecule has 12 aromatic rings. The number of hydrogen-bond donors (Lipinski definition) is 6. The number of aryl methyl sites for hydroxylation is 3.